The first kappa shape index (κ1) is 21.4. The molecular formula is C21H25N3O3S2. The van der Waals surface area contributed by atoms with Gasteiger partial charge in [-0.3, -0.25) is 4.79 Å². The van der Waals surface area contributed by atoms with Crippen LogP contribution in [0.15, 0.2) is 35.6 Å². The average molecular weight is 432 g/mol. The highest BCUT2D eigenvalue weighted by Crippen LogP contribution is 2.33. The topological polar surface area (TPSA) is 73.3 Å². The Bertz CT molecular complexity index is 990. The van der Waals surface area contributed by atoms with Gasteiger partial charge in [0.05, 0.1) is 19.5 Å². The number of fused-ring (bicyclic) bond motifs is 1. The Balaban J connectivity index is 1.57. The molecule has 0 radical (unpaired) electrons. The van der Waals surface area contributed by atoms with Crippen molar-refractivity contribution in [3.8, 4) is 11.5 Å². The van der Waals surface area contributed by atoms with Crippen molar-refractivity contribution in [3.63, 3.8) is 0 Å². The Morgan fingerprint density at radius 2 is 2.00 bits per heavy atom. The molecule has 0 saturated carbocycles. The number of thiophene rings is 1. The quantitative estimate of drug-likeness (QED) is 0.406. The molecule has 0 aliphatic heterocycles. The van der Waals surface area contributed by atoms with E-state index in [0.29, 0.717) is 24.5 Å². The van der Waals surface area contributed by atoms with Crippen LogP contribution in [0.25, 0.3) is 10.2 Å². The molecule has 8 heteroatoms. The van der Waals surface area contributed by atoms with Crippen LogP contribution in [-0.2, 0) is 17.6 Å². The van der Waals surface area contributed by atoms with E-state index in [-0.39, 0.29) is 11.2 Å². The van der Waals surface area contributed by atoms with Gasteiger partial charge >= 0.3 is 0 Å². The van der Waals surface area contributed by atoms with Crippen molar-refractivity contribution in [1.29, 1.82) is 0 Å². The zero-order valence-corrected chi connectivity index (χ0v) is 18.7. The minimum absolute atomic E-state index is 0.00631. The van der Waals surface area contributed by atoms with Crippen LogP contribution in [-0.4, -0.2) is 41.9 Å². The number of carbonyl (C=O) groups excluding carboxylic acids is 1. The predicted octanol–water partition coefficient (Wildman–Crippen LogP) is 4.11. The van der Waals surface area contributed by atoms with Crippen molar-refractivity contribution in [2.75, 3.05) is 20.8 Å². The minimum Gasteiger partial charge on any atom is -0.493 e. The first-order chi connectivity index (χ1) is 14.0. The number of rotatable bonds is 9. The van der Waals surface area contributed by atoms with Gasteiger partial charge in [-0.15, -0.1) is 11.3 Å². The van der Waals surface area contributed by atoms with Crippen LogP contribution in [0, 0.1) is 0 Å². The molecule has 3 rings (SSSR count). The highest BCUT2D eigenvalue weighted by molar-refractivity contribution is 8.00. The Morgan fingerprint density at radius 3 is 2.72 bits per heavy atom. The van der Waals surface area contributed by atoms with E-state index in [1.807, 2.05) is 25.1 Å². The summed E-state index contributed by atoms with van der Waals surface area (Å²) in [7, 11) is 3.23. The third-order valence-electron chi connectivity index (χ3n) is 4.51. The molecule has 6 nitrogen and oxygen atoms in total. The standard InChI is InChI=1S/C21H25N3O3S2/c1-5-15-11-16-20(23-12-24-21(16)29-15)28-13(2)19(25)22-9-8-14-6-7-17(26-3)18(10-14)27-4/h6-7,10-13H,5,8-9H2,1-4H3,(H,22,25). The van der Waals surface area contributed by atoms with Crippen LogP contribution in [0.3, 0.4) is 0 Å². The lowest BCUT2D eigenvalue weighted by Crippen LogP contribution is -2.32. The first-order valence-corrected chi connectivity index (χ1v) is 11.1. The van der Waals surface area contributed by atoms with Gasteiger partial charge in [-0.1, -0.05) is 24.8 Å². The lowest BCUT2D eigenvalue weighted by atomic mass is 10.1. The molecule has 1 aromatic carbocycles. The fraction of sp³-hybridized carbons (Fsp3) is 0.381. The first-order valence-electron chi connectivity index (χ1n) is 9.44. The molecule has 1 amide bonds. The van der Waals surface area contributed by atoms with Gasteiger partial charge in [0, 0.05) is 16.8 Å². The second kappa shape index (κ2) is 9.93. The number of aromatic nitrogens is 2. The number of hydrogen-bond donors (Lipinski definition) is 1. The summed E-state index contributed by atoms with van der Waals surface area (Å²) in [4.78, 5) is 23.5. The molecule has 0 aliphatic rings. The van der Waals surface area contributed by atoms with Gasteiger partial charge in [0.2, 0.25) is 5.91 Å². The van der Waals surface area contributed by atoms with Crippen LogP contribution in [0.1, 0.15) is 24.3 Å². The Labute approximate surface area is 179 Å². The Hall–Kier alpha value is -2.32. The largest absolute Gasteiger partial charge is 0.493 e. The van der Waals surface area contributed by atoms with E-state index in [9.17, 15) is 4.79 Å². The molecule has 2 aromatic heterocycles. The zero-order valence-electron chi connectivity index (χ0n) is 17.0. The molecule has 154 valence electrons. The zero-order chi connectivity index (χ0) is 20.8. The van der Waals surface area contributed by atoms with E-state index in [1.54, 1.807) is 31.9 Å². The third-order valence-corrected chi connectivity index (χ3v) is 6.81. The molecule has 0 fully saturated rings. The van der Waals surface area contributed by atoms with Crippen molar-refractivity contribution < 1.29 is 14.3 Å². The molecular weight excluding hydrogens is 406 g/mol. The average Bonchev–Trinajstić information content (AvgIpc) is 3.18. The SMILES string of the molecule is CCc1cc2c(SC(C)C(=O)NCCc3ccc(OC)c(OC)c3)ncnc2s1. The summed E-state index contributed by atoms with van der Waals surface area (Å²) in [6, 6.07) is 7.91. The smallest absolute Gasteiger partial charge is 0.233 e. The molecule has 1 N–H and O–H groups in total. The predicted molar refractivity (Wildman–Crippen MR) is 118 cm³/mol. The molecule has 29 heavy (non-hydrogen) atoms. The lowest BCUT2D eigenvalue weighted by Gasteiger charge is -2.13. The van der Waals surface area contributed by atoms with Gasteiger partial charge < -0.3 is 14.8 Å². The summed E-state index contributed by atoms with van der Waals surface area (Å²) in [5.41, 5.74) is 1.08. The van der Waals surface area contributed by atoms with E-state index in [0.717, 1.165) is 27.2 Å². The van der Waals surface area contributed by atoms with E-state index in [2.05, 4.69) is 28.3 Å². The van der Waals surface area contributed by atoms with Gasteiger partial charge in [0.15, 0.2) is 11.5 Å². The summed E-state index contributed by atoms with van der Waals surface area (Å²) in [6.07, 6.45) is 3.26. The molecule has 0 bridgehead atoms. The van der Waals surface area contributed by atoms with Crippen LogP contribution in [0.5, 0.6) is 11.5 Å². The minimum atomic E-state index is -0.247. The van der Waals surface area contributed by atoms with Crippen molar-refractivity contribution >= 4 is 39.2 Å². The van der Waals surface area contributed by atoms with E-state index < -0.39 is 0 Å². The number of thioether (sulfide) groups is 1. The fourth-order valence-electron chi connectivity index (χ4n) is 2.88. The lowest BCUT2D eigenvalue weighted by molar-refractivity contribution is -0.120. The van der Waals surface area contributed by atoms with Crippen molar-refractivity contribution in [1.82, 2.24) is 15.3 Å². The molecule has 0 saturated heterocycles. The summed E-state index contributed by atoms with van der Waals surface area (Å²) < 4.78 is 10.6. The van der Waals surface area contributed by atoms with Gasteiger partial charge in [0.25, 0.3) is 0 Å². The van der Waals surface area contributed by atoms with Gasteiger partial charge in [-0.2, -0.15) is 0 Å². The van der Waals surface area contributed by atoms with Gasteiger partial charge in [-0.05, 0) is 43.5 Å². The monoisotopic (exact) mass is 431 g/mol. The van der Waals surface area contributed by atoms with Crippen LogP contribution in [0.2, 0.25) is 0 Å². The maximum absolute atomic E-state index is 12.5. The molecule has 2 heterocycles. The van der Waals surface area contributed by atoms with Crippen molar-refractivity contribution in [2.45, 2.75) is 37.0 Å². The number of carbonyl (C=O) groups is 1. The number of nitrogens with zero attached hydrogens (tertiary/aromatic N) is 2. The second-order valence-electron chi connectivity index (χ2n) is 6.45. The second-order valence-corrected chi connectivity index (χ2v) is 8.90. The number of methoxy groups -OCH3 is 2. The fourth-order valence-corrected chi connectivity index (χ4v) is 4.80. The van der Waals surface area contributed by atoms with Crippen LogP contribution >= 0.6 is 23.1 Å². The summed E-state index contributed by atoms with van der Waals surface area (Å²) >= 11 is 3.15. The number of nitrogens with one attached hydrogen (secondary N) is 1. The summed E-state index contributed by atoms with van der Waals surface area (Å²) in [5.74, 6) is 1.38. The molecule has 1 unspecified atom stereocenters. The van der Waals surface area contributed by atoms with Crippen molar-refractivity contribution in [2.24, 2.45) is 0 Å². The summed E-state index contributed by atoms with van der Waals surface area (Å²) in [6.45, 7) is 4.58. The maximum Gasteiger partial charge on any atom is 0.233 e. The molecule has 3 aromatic rings. The van der Waals surface area contributed by atoms with E-state index >= 15 is 0 Å². The van der Waals surface area contributed by atoms with Crippen LogP contribution in [0.4, 0.5) is 0 Å². The Kier molecular flexibility index (Phi) is 7.33. The maximum atomic E-state index is 12.5. The number of hydrogen-bond acceptors (Lipinski definition) is 7. The Morgan fingerprint density at radius 1 is 1.21 bits per heavy atom. The molecule has 1 atom stereocenters. The van der Waals surface area contributed by atoms with E-state index in [4.69, 9.17) is 9.47 Å². The summed E-state index contributed by atoms with van der Waals surface area (Å²) in [5, 5.41) is 4.65. The number of aryl methyl sites for hydroxylation is 1. The highest BCUT2D eigenvalue weighted by Gasteiger charge is 2.17. The van der Waals surface area contributed by atoms with Gasteiger partial charge in [-0.25, -0.2) is 9.97 Å². The number of amides is 1. The third kappa shape index (κ3) is 5.19. The molecule has 0 aliphatic carbocycles. The van der Waals surface area contributed by atoms with Crippen LogP contribution < -0.4 is 14.8 Å². The highest BCUT2D eigenvalue weighted by atomic mass is 32.2. The normalized spacial score (nSPS) is 12.0. The van der Waals surface area contributed by atoms with Crippen molar-refractivity contribution in [3.05, 3.63) is 41.0 Å². The molecule has 0 spiro atoms. The van der Waals surface area contributed by atoms with E-state index in [1.165, 1.54) is 16.6 Å². The number of ether oxygens (including phenoxy) is 2. The van der Waals surface area contributed by atoms with Gasteiger partial charge in [0.1, 0.15) is 16.2 Å². The number of benzene rings is 1.